The lowest BCUT2D eigenvalue weighted by Crippen LogP contribution is -2.31. The van der Waals surface area contributed by atoms with Gasteiger partial charge < -0.3 is 10.2 Å². The number of azo groups is 1. The summed E-state index contributed by atoms with van der Waals surface area (Å²) >= 11 is 0.521. The topological polar surface area (TPSA) is 181 Å². The van der Waals surface area contributed by atoms with E-state index in [-0.39, 0.29) is 28.4 Å². The molecule has 2 heterocycles. The average molecular weight is 580 g/mol. The van der Waals surface area contributed by atoms with Crippen molar-refractivity contribution in [1.82, 2.24) is 4.90 Å². The summed E-state index contributed by atoms with van der Waals surface area (Å²) in [6.45, 7) is 4.80. The molecule has 1 aromatic heterocycles. The van der Waals surface area contributed by atoms with Crippen LogP contribution in [0.4, 0.5) is 32.8 Å². The molecule has 3 amide bonds. The molecule has 0 aliphatic carbocycles. The van der Waals surface area contributed by atoms with E-state index in [1.54, 1.807) is 42.5 Å². The standard InChI is InChI=1S/C26H25N7O7S/c1-3-30(12-6-7-13-31-25(35)18-8-4-5-9-19(18)26(31)36)17-10-11-20(21(14-17)27-16(2)34)28-29-24-22(32(37)38)15-23(41-24)33(39)40/h4-5,8-11,14-15H,3,6-7,12-13H2,1-2H3,(H,27,34). The maximum Gasteiger partial charge on any atom is 0.333 e. The number of unbranched alkanes of at least 4 members (excludes halogenated alkanes) is 1. The lowest BCUT2D eigenvalue weighted by atomic mass is 10.1. The smallest absolute Gasteiger partial charge is 0.333 e. The highest BCUT2D eigenvalue weighted by molar-refractivity contribution is 7.19. The van der Waals surface area contributed by atoms with Crippen LogP contribution >= 0.6 is 11.3 Å². The van der Waals surface area contributed by atoms with E-state index in [1.165, 1.54) is 11.8 Å². The Kier molecular flexibility index (Phi) is 8.77. The number of imide groups is 1. The minimum atomic E-state index is -0.775. The van der Waals surface area contributed by atoms with E-state index in [0.29, 0.717) is 60.6 Å². The van der Waals surface area contributed by atoms with Crippen LogP contribution < -0.4 is 10.2 Å². The van der Waals surface area contributed by atoms with Crippen molar-refractivity contribution in [2.45, 2.75) is 26.7 Å². The molecule has 4 rings (SSSR count). The number of amides is 3. The first-order valence-electron chi connectivity index (χ1n) is 12.6. The maximum absolute atomic E-state index is 12.6. The Hall–Kier alpha value is -5.05. The minimum Gasteiger partial charge on any atom is -0.372 e. The van der Waals surface area contributed by atoms with Crippen molar-refractivity contribution >= 4 is 61.8 Å². The number of fused-ring (bicyclic) bond motifs is 1. The van der Waals surface area contributed by atoms with Gasteiger partial charge in [-0.05, 0) is 61.4 Å². The van der Waals surface area contributed by atoms with Gasteiger partial charge in [0, 0.05) is 32.2 Å². The molecule has 0 saturated heterocycles. The molecule has 15 heteroatoms. The number of carbonyl (C=O) groups excluding carboxylic acids is 3. The fourth-order valence-corrected chi connectivity index (χ4v) is 5.10. The van der Waals surface area contributed by atoms with E-state index < -0.39 is 20.5 Å². The number of rotatable bonds is 12. The maximum atomic E-state index is 12.6. The summed E-state index contributed by atoms with van der Waals surface area (Å²) in [5.41, 5.74) is 1.56. The summed E-state index contributed by atoms with van der Waals surface area (Å²) in [6, 6.07) is 12.6. The van der Waals surface area contributed by atoms with Gasteiger partial charge in [-0.15, -0.1) is 10.2 Å². The van der Waals surface area contributed by atoms with Crippen molar-refractivity contribution < 1.29 is 24.2 Å². The zero-order chi connectivity index (χ0) is 29.7. The average Bonchev–Trinajstić information content (AvgIpc) is 3.48. The van der Waals surface area contributed by atoms with Crippen molar-refractivity contribution in [2.24, 2.45) is 10.2 Å². The quantitative estimate of drug-likeness (QED) is 0.0912. The van der Waals surface area contributed by atoms with Gasteiger partial charge in [-0.2, -0.15) is 0 Å². The molecular formula is C26H25N7O7S. The highest BCUT2D eigenvalue weighted by Crippen LogP contribution is 2.42. The third-order valence-corrected chi connectivity index (χ3v) is 7.24. The van der Waals surface area contributed by atoms with Crippen LogP contribution in [0.15, 0.2) is 58.8 Å². The molecule has 0 saturated carbocycles. The Bertz CT molecular complexity index is 1530. The summed E-state index contributed by atoms with van der Waals surface area (Å²) < 4.78 is 0. The fourth-order valence-electron chi connectivity index (χ4n) is 4.33. The molecule has 0 radical (unpaired) electrons. The first-order chi connectivity index (χ1) is 19.6. The van der Waals surface area contributed by atoms with Crippen molar-refractivity contribution in [1.29, 1.82) is 0 Å². The molecule has 3 aromatic rings. The van der Waals surface area contributed by atoms with E-state index >= 15 is 0 Å². The number of hydrogen-bond donors (Lipinski definition) is 1. The number of nitrogens with one attached hydrogen (secondary N) is 1. The first-order valence-corrected chi connectivity index (χ1v) is 13.4. The predicted octanol–water partition coefficient (Wildman–Crippen LogP) is 5.84. The number of thiophene rings is 1. The number of benzene rings is 2. The zero-order valence-corrected chi connectivity index (χ0v) is 22.9. The number of carbonyl (C=O) groups is 3. The molecule has 212 valence electrons. The Labute approximate surface area is 237 Å². The zero-order valence-electron chi connectivity index (χ0n) is 22.1. The van der Waals surface area contributed by atoms with Crippen LogP contribution in [-0.4, -0.2) is 52.1 Å². The van der Waals surface area contributed by atoms with E-state index in [2.05, 4.69) is 15.5 Å². The Balaban J connectivity index is 1.45. The summed E-state index contributed by atoms with van der Waals surface area (Å²) in [5.74, 6) is -0.949. The second-order valence-electron chi connectivity index (χ2n) is 8.97. The summed E-state index contributed by atoms with van der Waals surface area (Å²) in [4.78, 5) is 61.1. The summed E-state index contributed by atoms with van der Waals surface area (Å²) in [7, 11) is 0. The predicted molar refractivity (Wildman–Crippen MR) is 151 cm³/mol. The Morgan fingerprint density at radius 3 is 2.27 bits per heavy atom. The van der Waals surface area contributed by atoms with Gasteiger partial charge in [0.05, 0.1) is 26.7 Å². The first kappa shape index (κ1) is 28.9. The molecule has 0 fully saturated rings. The van der Waals surface area contributed by atoms with E-state index in [9.17, 15) is 34.6 Å². The van der Waals surface area contributed by atoms with E-state index in [4.69, 9.17) is 0 Å². The molecule has 14 nitrogen and oxygen atoms in total. The van der Waals surface area contributed by atoms with Crippen LogP contribution in [0.5, 0.6) is 0 Å². The van der Waals surface area contributed by atoms with Crippen LogP contribution in [0.25, 0.3) is 0 Å². The largest absolute Gasteiger partial charge is 0.372 e. The molecule has 0 unspecified atom stereocenters. The van der Waals surface area contributed by atoms with Crippen LogP contribution in [0.2, 0.25) is 0 Å². The minimum absolute atomic E-state index is 0.205. The van der Waals surface area contributed by atoms with Gasteiger partial charge in [0.15, 0.2) is 0 Å². The monoisotopic (exact) mass is 579 g/mol. The van der Waals surface area contributed by atoms with Crippen molar-refractivity contribution in [2.75, 3.05) is 29.9 Å². The van der Waals surface area contributed by atoms with Gasteiger partial charge in [0.2, 0.25) is 10.9 Å². The molecule has 1 aliphatic rings. The van der Waals surface area contributed by atoms with Crippen LogP contribution in [-0.2, 0) is 4.79 Å². The van der Waals surface area contributed by atoms with Gasteiger partial charge in [-0.25, -0.2) is 0 Å². The van der Waals surface area contributed by atoms with Crippen LogP contribution in [0.1, 0.15) is 47.4 Å². The molecule has 1 aliphatic heterocycles. The van der Waals surface area contributed by atoms with Gasteiger partial charge in [-0.3, -0.25) is 39.5 Å². The van der Waals surface area contributed by atoms with Gasteiger partial charge >= 0.3 is 10.7 Å². The van der Waals surface area contributed by atoms with Gasteiger partial charge in [-0.1, -0.05) is 12.1 Å². The molecule has 0 bridgehead atoms. The van der Waals surface area contributed by atoms with Gasteiger partial charge in [0.25, 0.3) is 11.8 Å². The second-order valence-corrected chi connectivity index (χ2v) is 9.98. The molecule has 0 spiro atoms. The molecule has 41 heavy (non-hydrogen) atoms. The highest BCUT2D eigenvalue weighted by atomic mass is 32.1. The van der Waals surface area contributed by atoms with Crippen LogP contribution in [0, 0.1) is 20.2 Å². The normalized spacial score (nSPS) is 12.6. The highest BCUT2D eigenvalue weighted by Gasteiger charge is 2.34. The second kappa shape index (κ2) is 12.4. The SMILES string of the molecule is CCN(CCCCN1C(=O)c2ccccc2C1=O)c1ccc(N=Nc2sc([N+](=O)[O-])cc2[N+](=O)[O-])c(NC(C)=O)c1. The van der Waals surface area contributed by atoms with E-state index in [0.717, 1.165) is 11.8 Å². The summed E-state index contributed by atoms with van der Waals surface area (Å²) in [6.07, 6.45) is 1.28. The molecule has 0 atom stereocenters. The Morgan fingerprint density at radius 2 is 1.68 bits per heavy atom. The fraction of sp³-hybridized carbons (Fsp3) is 0.269. The van der Waals surface area contributed by atoms with Crippen molar-refractivity contribution in [3.63, 3.8) is 0 Å². The molecule has 1 N–H and O–H groups in total. The van der Waals surface area contributed by atoms with Crippen LogP contribution in [0.3, 0.4) is 0 Å². The third kappa shape index (κ3) is 6.41. The number of anilines is 2. The lowest BCUT2D eigenvalue weighted by Gasteiger charge is -2.24. The van der Waals surface area contributed by atoms with Crippen molar-refractivity contribution in [3.05, 3.63) is 79.9 Å². The van der Waals surface area contributed by atoms with E-state index in [1.807, 2.05) is 11.8 Å². The van der Waals surface area contributed by atoms with Crippen molar-refractivity contribution in [3.8, 4) is 0 Å². The van der Waals surface area contributed by atoms with Gasteiger partial charge in [0.1, 0.15) is 11.8 Å². The molecule has 2 aromatic carbocycles. The Morgan fingerprint density at radius 1 is 1.00 bits per heavy atom. The molecular weight excluding hydrogens is 554 g/mol. The summed E-state index contributed by atoms with van der Waals surface area (Å²) in [5, 5.41) is 32.2. The number of hydrogen-bond acceptors (Lipinski definition) is 11. The number of nitrogens with zero attached hydrogens (tertiary/aromatic N) is 6. The third-order valence-electron chi connectivity index (χ3n) is 6.28. The number of nitro groups is 2. The lowest BCUT2D eigenvalue weighted by molar-refractivity contribution is -0.389.